The van der Waals surface area contributed by atoms with Crippen LogP contribution >= 0.6 is 15.9 Å². The zero-order chi connectivity index (χ0) is 10.0. The number of halogens is 1. The molecule has 0 saturated carbocycles. The van der Waals surface area contributed by atoms with Gasteiger partial charge >= 0.3 is 0 Å². The monoisotopic (exact) mass is 239 g/mol. The van der Waals surface area contributed by atoms with Crippen molar-refractivity contribution in [3.05, 3.63) is 41.7 Å². The summed E-state index contributed by atoms with van der Waals surface area (Å²) in [6.45, 7) is 7.93. The normalized spacial score (nSPS) is 11.8. The number of rotatable bonds is 2. The van der Waals surface area contributed by atoms with Crippen molar-refractivity contribution < 1.29 is 0 Å². The number of aromatic nitrogens is 1. The Balaban J connectivity index is 3.14. The number of nitrogens with zero attached hydrogens (tertiary/aromatic N) is 1. The standard InChI is InChI=1S/C11H14BrN/c1-8(2)7-10(12)11-9(3)5-6-13(11)4/h5-7H,1H2,2-4H3/b10-7+. The fourth-order valence-electron chi connectivity index (χ4n) is 1.30. The van der Waals surface area contributed by atoms with E-state index in [4.69, 9.17) is 0 Å². The third kappa shape index (κ3) is 2.34. The summed E-state index contributed by atoms with van der Waals surface area (Å²) in [5.74, 6) is 0. The van der Waals surface area contributed by atoms with Crippen molar-refractivity contribution >= 4 is 20.4 Å². The van der Waals surface area contributed by atoms with Crippen LogP contribution in [-0.4, -0.2) is 4.57 Å². The van der Waals surface area contributed by atoms with Crippen LogP contribution in [0.5, 0.6) is 0 Å². The second-order valence-electron chi connectivity index (χ2n) is 3.30. The van der Waals surface area contributed by atoms with E-state index in [0.29, 0.717) is 0 Å². The van der Waals surface area contributed by atoms with Gasteiger partial charge in [0.2, 0.25) is 0 Å². The fourth-order valence-corrected chi connectivity index (χ4v) is 2.28. The molecule has 0 N–H and O–H groups in total. The Morgan fingerprint density at radius 1 is 1.62 bits per heavy atom. The molecule has 0 amide bonds. The van der Waals surface area contributed by atoms with Crippen molar-refractivity contribution in [2.45, 2.75) is 13.8 Å². The highest BCUT2D eigenvalue weighted by Crippen LogP contribution is 2.25. The van der Waals surface area contributed by atoms with E-state index in [0.717, 1.165) is 10.1 Å². The summed E-state index contributed by atoms with van der Waals surface area (Å²) in [4.78, 5) is 0. The molecule has 1 nitrogen and oxygen atoms in total. The summed E-state index contributed by atoms with van der Waals surface area (Å²) in [7, 11) is 2.04. The molecule has 0 aliphatic rings. The highest BCUT2D eigenvalue weighted by molar-refractivity contribution is 9.15. The zero-order valence-electron chi connectivity index (χ0n) is 8.26. The Morgan fingerprint density at radius 3 is 2.62 bits per heavy atom. The summed E-state index contributed by atoms with van der Waals surface area (Å²) in [5.41, 5.74) is 3.53. The molecule has 0 unspecified atom stereocenters. The largest absolute Gasteiger partial charge is 0.350 e. The van der Waals surface area contributed by atoms with Crippen LogP contribution in [-0.2, 0) is 7.05 Å². The molecular weight excluding hydrogens is 226 g/mol. The van der Waals surface area contributed by atoms with Gasteiger partial charge in [0.25, 0.3) is 0 Å². The van der Waals surface area contributed by atoms with Crippen molar-refractivity contribution in [3.8, 4) is 0 Å². The lowest BCUT2D eigenvalue weighted by Crippen LogP contribution is -1.92. The lowest BCUT2D eigenvalue weighted by molar-refractivity contribution is 0.910. The van der Waals surface area contributed by atoms with E-state index in [1.165, 1.54) is 11.3 Å². The van der Waals surface area contributed by atoms with Crippen LogP contribution in [0.2, 0.25) is 0 Å². The predicted octanol–water partition coefficient (Wildman–Crippen LogP) is 3.65. The van der Waals surface area contributed by atoms with E-state index in [2.05, 4.69) is 46.3 Å². The Bertz CT molecular complexity index is 339. The minimum absolute atomic E-state index is 1.05. The minimum Gasteiger partial charge on any atom is -0.350 e. The number of aryl methyl sites for hydroxylation is 2. The smallest absolute Gasteiger partial charge is 0.0578 e. The molecule has 1 aromatic heterocycles. The highest BCUT2D eigenvalue weighted by atomic mass is 79.9. The van der Waals surface area contributed by atoms with Crippen LogP contribution in [0.4, 0.5) is 0 Å². The molecule has 0 spiro atoms. The summed E-state index contributed by atoms with van der Waals surface area (Å²) in [5, 5.41) is 0. The number of allylic oxidation sites excluding steroid dienone is 2. The van der Waals surface area contributed by atoms with Gasteiger partial charge in [-0.25, -0.2) is 0 Å². The Labute approximate surface area is 87.9 Å². The minimum atomic E-state index is 1.05. The van der Waals surface area contributed by atoms with Gasteiger partial charge in [0.05, 0.1) is 5.69 Å². The van der Waals surface area contributed by atoms with Crippen LogP contribution in [0.15, 0.2) is 30.5 Å². The van der Waals surface area contributed by atoms with E-state index in [1.807, 2.05) is 20.0 Å². The molecule has 0 bridgehead atoms. The van der Waals surface area contributed by atoms with E-state index >= 15 is 0 Å². The lowest BCUT2D eigenvalue weighted by atomic mass is 10.2. The van der Waals surface area contributed by atoms with Crippen LogP contribution in [0, 0.1) is 6.92 Å². The van der Waals surface area contributed by atoms with Gasteiger partial charge in [-0.2, -0.15) is 0 Å². The zero-order valence-corrected chi connectivity index (χ0v) is 9.85. The summed E-state index contributed by atoms with van der Waals surface area (Å²) >= 11 is 3.55. The first-order valence-corrected chi connectivity index (χ1v) is 4.96. The van der Waals surface area contributed by atoms with Crippen LogP contribution < -0.4 is 0 Å². The third-order valence-electron chi connectivity index (χ3n) is 1.87. The van der Waals surface area contributed by atoms with Gasteiger partial charge in [-0.1, -0.05) is 12.2 Å². The topological polar surface area (TPSA) is 4.93 Å². The molecule has 0 aliphatic heterocycles. The van der Waals surface area contributed by atoms with E-state index in [9.17, 15) is 0 Å². The van der Waals surface area contributed by atoms with Crippen LogP contribution in [0.3, 0.4) is 0 Å². The van der Waals surface area contributed by atoms with Gasteiger partial charge in [0, 0.05) is 17.7 Å². The fraction of sp³-hybridized carbons (Fsp3) is 0.273. The second-order valence-corrected chi connectivity index (χ2v) is 4.15. The molecule has 2 heteroatoms. The molecule has 1 aromatic rings. The summed E-state index contributed by atoms with van der Waals surface area (Å²) < 4.78 is 3.18. The van der Waals surface area contributed by atoms with E-state index < -0.39 is 0 Å². The van der Waals surface area contributed by atoms with Crippen molar-refractivity contribution in [2.24, 2.45) is 7.05 Å². The lowest BCUT2D eigenvalue weighted by Gasteiger charge is -2.03. The quantitative estimate of drug-likeness (QED) is 0.695. The predicted molar refractivity (Wildman–Crippen MR) is 61.9 cm³/mol. The van der Waals surface area contributed by atoms with E-state index in [1.54, 1.807) is 0 Å². The van der Waals surface area contributed by atoms with E-state index in [-0.39, 0.29) is 0 Å². The van der Waals surface area contributed by atoms with Crippen molar-refractivity contribution in [1.82, 2.24) is 4.57 Å². The van der Waals surface area contributed by atoms with Gasteiger partial charge in [0.1, 0.15) is 0 Å². The first kappa shape index (κ1) is 10.3. The van der Waals surface area contributed by atoms with Crippen LogP contribution in [0.25, 0.3) is 4.48 Å². The van der Waals surface area contributed by atoms with Gasteiger partial charge in [-0.15, -0.1) is 0 Å². The Morgan fingerprint density at radius 2 is 2.23 bits per heavy atom. The molecule has 70 valence electrons. The Hall–Kier alpha value is -0.760. The molecular formula is C11H14BrN. The average molecular weight is 240 g/mol. The molecule has 0 fully saturated rings. The summed E-state index contributed by atoms with van der Waals surface area (Å²) in [6.07, 6.45) is 4.08. The molecule has 1 rings (SSSR count). The molecule has 0 aromatic carbocycles. The highest BCUT2D eigenvalue weighted by Gasteiger charge is 2.05. The maximum atomic E-state index is 3.85. The molecule has 0 saturated heterocycles. The Kier molecular flexibility index (Phi) is 3.15. The van der Waals surface area contributed by atoms with Crippen molar-refractivity contribution in [3.63, 3.8) is 0 Å². The molecule has 1 heterocycles. The average Bonchev–Trinajstić information content (AvgIpc) is 2.29. The summed E-state index contributed by atoms with van der Waals surface area (Å²) in [6, 6.07) is 2.10. The number of hydrogen-bond acceptors (Lipinski definition) is 0. The number of hydrogen-bond donors (Lipinski definition) is 0. The second kappa shape index (κ2) is 3.97. The molecule has 0 radical (unpaired) electrons. The maximum absolute atomic E-state index is 3.85. The molecule has 13 heavy (non-hydrogen) atoms. The van der Waals surface area contributed by atoms with Gasteiger partial charge < -0.3 is 4.57 Å². The first-order chi connectivity index (χ1) is 6.02. The van der Waals surface area contributed by atoms with Gasteiger partial charge in [0.15, 0.2) is 0 Å². The van der Waals surface area contributed by atoms with Crippen LogP contribution in [0.1, 0.15) is 18.2 Å². The molecule has 0 atom stereocenters. The SMILES string of the molecule is C=C(C)/C=C(/Br)c1c(C)ccn1C. The first-order valence-electron chi connectivity index (χ1n) is 4.17. The maximum Gasteiger partial charge on any atom is 0.0578 e. The van der Waals surface area contributed by atoms with Crippen molar-refractivity contribution in [2.75, 3.05) is 0 Å². The van der Waals surface area contributed by atoms with Crippen molar-refractivity contribution in [1.29, 1.82) is 0 Å². The van der Waals surface area contributed by atoms with Gasteiger partial charge in [-0.3, -0.25) is 0 Å². The van der Waals surface area contributed by atoms with Gasteiger partial charge in [-0.05, 0) is 47.5 Å². The molecule has 0 aliphatic carbocycles. The third-order valence-corrected chi connectivity index (χ3v) is 2.48.